The Morgan fingerprint density at radius 1 is 1.08 bits per heavy atom. The highest BCUT2D eigenvalue weighted by Crippen LogP contribution is 2.36. The molecule has 1 saturated carbocycles. The van der Waals surface area contributed by atoms with E-state index in [1.807, 2.05) is 13.8 Å². The molecule has 0 spiro atoms. The molecule has 6 nitrogen and oxygen atoms in total. The summed E-state index contributed by atoms with van der Waals surface area (Å²) in [5.74, 6) is -0.0119. The Kier molecular flexibility index (Phi) is 6.67. The van der Waals surface area contributed by atoms with Gasteiger partial charge >= 0.3 is 5.97 Å². The lowest BCUT2D eigenvalue weighted by atomic mass is 9.74. The summed E-state index contributed by atoms with van der Waals surface area (Å²) in [4.78, 5) is 24.2. The average Bonchev–Trinajstić information content (AvgIpc) is 2.62. The zero-order valence-electron chi connectivity index (χ0n) is 15.0. The maximum Gasteiger partial charge on any atom is 0.311 e. The first-order chi connectivity index (χ1) is 12.0. The Morgan fingerprint density at radius 3 is 2.32 bits per heavy atom. The van der Waals surface area contributed by atoms with Crippen molar-refractivity contribution in [2.45, 2.75) is 46.0 Å². The molecule has 1 aromatic rings. The summed E-state index contributed by atoms with van der Waals surface area (Å²) in [6.07, 6.45) is 4.05. The third-order valence-corrected chi connectivity index (χ3v) is 4.66. The second-order valence-corrected chi connectivity index (χ2v) is 6.36. The van der Waals surface area contributed by atoms with Crippen LogP contribution in [0.1, 0.15) is 56.3 Å². The van der Waals surface area contributed by atoms with E-state index < -0.39 is 11.4 Å². The number of amides is 1. The SMILES string of the molecule is CCOc1ccc(C(=O)NCC2(C(=O)O)CCCCC2)cc1OCC. The second-order valence-electron chi connectivity index (χ2n) is 6.36. The van der Waals surface area contributed by atoms with Gasteiger partial charge in [0.05, 0.1) is 18.6 Å². The molecule has 1 fully saturated rings. The number of carbonyl (C=O) groups is 2. The highest BCUT2D eigenvalue weighted by Gasteiger charge is 2.39. The van der Waals surface area contributed by atoms with Gasteiger partial charge in [-0.2, -0.15) is 0 Å². The smallest absolute Gasteiger partial charge is 0.311 e. The van der Waals surface area contributed by atoms with Gasteiger partial charge in [-0.05, 0) is 44.9 Å². The average molecular weight is 349 g/mol. The summed E-state index contributed by atoms with van der Waals surface area (Å²) < 4.78 is 11.0. The molecule has 6 heteroatoms. The Balaban J connectivity index is 2.09. The van der Waals surface area contributed by atoms with Crippen LogP contribution in [0.15, 0.2) is 18.2 Å². The van der Waals surface area contributed by atoms with Gasteiger partial charge in [-0.15, -0.1) is 0 Å². The van der Waals surface area contributed by atoms with Crippen molar-refractivity contribution in [3.8, 4) is 11.5 Å². The van der Waals surface area contributed by atoms with Crippen LogP contribution in [0.4, 0.5) is 0 Å². The van der Waals surface area contributed by atoms with Crippen LogP contribution in [0.5, 0.6) is 11.5 Å². The minimum atomic E-state index is -0.845. The van der Waals surface area contributed by atoms with Crippen molar-refractivity contribution in [2.75, 3.05) is 19.8 Å². The summed E-state index contributed by atoms with van der Waals surface area (Å²) in [5.41, 5.74) is -0.412. The van der Waals surface area contributed by atoms with Gasteiger partial charge in [0.25, 0.3) is 5.91 Å². The standard InChI is InChI=1S/C19H27NO5/c1-3-24-15-9-8-14(12-16(15)25-4-2)17(21)20-13-19(18(22)23)10-6-5-7-11-19/h8-9,12H,3-7,10-11,13H2,1-2H3,(H,20,21)(H,22,23). The van der Waals surface area contributed by atoms with Crippen LogP contribution < -0.4 is 14.8 Å². The first kappa shape index (κ1) is 19.1. The van der Waals surface area contributed by atoms with Gasteiger partial charge in [0, 0.05) is 12.1 Å². The van der Waals surface area contributed by atoms with Crippen molar-refractivity contribution in [1.29, 1.82) is 0 Å². The Hall–Kier alpha value is -2.24. The van der Waals surface area contributed by atoms with E-state index in [1.54, 1.807) is 18.2 Å². The van der Waals surface area contributed by atoms with Crippen LogP contribution in [0.25, 0.3) is 0 Å². The third kappa shape index (κ3) is 4.65. The van der Waals surface area contributed by atoms with Crippen molar-refractivity contribution < 1.29 is 24.2 Å². The number of rotatable bonds is 8. The maximum atomic E-state index is 12.5. The number of carboxylic acid groups (broad SMARTS) is 1. The highest BCUT2D eigenvalue weighted by molar-refractivity contribution is 5.95. The lowest BCUT2D eigenvalue weighted by Crippen LogP contribution is -2.44. The third-order valence-electron chi connectivity index (χ3n) is 4.66. The molecule has 138 valence electrons. The molecule has 0 radical (unpaired) electrons. The number of ether oxygens (including phenoxy) is 2. The Labute approximate surface area is 148 Å². The fourth-order valence-electron chi connectivity index (χ4n) is 3.24. The molecule has 0 aliphatic heterocycles. The minimum absolute atomic E-state index is 0.151. The molecule has 1 aromatic carbocycles. The van der Waals surface area contributed by atoms with Crippen LogP contribution >= 0.6 is 0 Å². The predicted octanol–water partition coefficient (Wildman–Crippen LogP) is 3.25. The lowest BCUT2D eigenvalue weighted by molar-refractivity contribution is -0.150. The molecule has 25 heavy (non-hydrogen) atoms. The molecule has 0 saturated heterocycles. The van der Waals surface area contributed by atoms with E-state index in [-0.39, 0.29) is 12.5 Å². The Morgan fingerprint density at radius 2 is 1.72 bits per heavy atom. The normalized spacial score (nSPS) is 16.1. The van der Waals surface area contributed by atoms with Gasteiger partial charge in [-0.1, -0.05) is 19.3 Å². The number of aliphatic carboxylic acids is 1. The molecule has 0 aromatic heterocycles. The molecule has 1 aliphatic rings. The quantitative estimate of drug-likeness (QED) is 0.752. The molecule has 2 rings (SSSR count). The number of benzene rings is 1. The molecular formula is C19H27NO5. The molecule has 0 bridgehead atoms. The number of carbonyl (C=O) groups excluding carboxylic acids is 1. The molecule has 0 heterocycles. The van der Waals surface area contributed by atoms with Crippen LogP contribution in [-0.2, 0) is 4.79 Å². The van der Waals surface area contributed by atoms with Crippen molar-refractivity contribution in [3.63, 3.8) is 0 Å². The zero-order chi connectivity index (χ0) is 18.3. The summed E-state index contributed by atoms with van der Waals surface area (Å²) in [7, 11) is 0. The molecule has 0 atom stereocenters. The van der Waals surface area contributed by atoms with Gasteiger partial charge in [0.2, 0.25) is 0 Å². The number of carboxylic acids is 1. The van der Waals surface area contributed by atoms with E-state index in [0.717, 1.165) is 19.3 Å². The van der Waals surface area contributed by atoms with Crippen LogP contribution in [-0.4, -0.2) is 36.7 Å². The number of hydrogen-bond donors (Lipinski definition) is 2. The van der Waals surface area contributed by atoms with Gasteiger partial charge in [0.1, 0.15) is 0 Å². The van der Waals surface area contributed by atoms with Crippen molar-refractivity contribution in [1.82, 2.24) is 5.32 Å². The summed E-state index contributed by atoms with van der Waals surface area (Å²) >= 11 is 0. The fraction of sp³-hybridized carbons (Fsp3) is 0.579. The van der Waals surface area contributed by atoms with E-state index in [1.165, 1.54) is 0 Å². The van der Waals surface area contributed by atoms with E-state index in [0.29, 0.717) is 43.1 Å². The maximum absolute atomic E-state index is 12.5. The van der Waals surface area contributed by atoms with Crippen LogP contribution in [0.3, 0.4) is 0 Å². The number of nitrogens with one attached hydrogen (secondary N) is 1. The first-order valence-corrected chi connectivity index (χ1v) is 8.93. The first-order valence-electron chi connectivity index (χ1n) is 8.93. The van der Waals surface area contributed by atoms with Crippen molar-refractivity contribution in [2.24, 2.45) is 5.41 Å². The molecule has 1 aliphatic carbocycles. The monoisotopic (exact) mass is 349 g/mol. The largest absolute Gasteiger partial charge is 0.490 e. The van der Waals surface area contributed by atoms with Crippen LogP contribution in [0, 0.1) is 5.41 Å². The topological polar surface area (TPSA) is 84.9 Å². The van der Waals surface area contributed by atoms with Gasteiger partial charge < -0.3 is 19.9 Å². The van der Waals surface area contributed by atoms with E-state index in [4.69, 9.17) is 9.47 Å². The molecule has 2 N–H and O–H groups in total. The van der Waals surface area contributed by atoms with Gasteiger partial charge in [0.15, 0.2) is 11.5 Å². The summed E-state index contributed by atoms with van der Waals surface area (Å²) in [5, 5.41) is 12.4. The zero-order valence-corrected chi connectivity index (χ0v) is 15.0. The van der Waals surface area contributed by atoms with Gasteiger partial charge in [-0.25, -0.2) is 0 Å². The molecular weight excluding hydrogens is 322 g/mol. The second kappa shape index (κ2) is 8.74. The van der Waals surface area contributed by atoms with Crippen molar-refractivity contribution >= 4 is 11.9 Å². The minimum Gasteiger partial charge on any atom is -0.490 e. The van der Waals surface area contributed by atoms with E-state index >= 15 is 0 Å². The number of hydrogen-bond acceptors (Lipinski definition) is 4. The molecule has 0 unspecified atom stereocenters. The highest BCUT2D eigenvalue weighted by atomic mass is 16.5. The molecule has 1 amide bonds. The van der Waals surface area contributed by atoms with E-state index in [9.17, 15) is 14.7 Å². The van der Waals surface area contributed by atoms with Crippen LogP contribution in [0.2, 0.25) is 0 Å². The van der Waals surface area contributed by atoms with Crippen molar-refractivity contribution in [3.05, 3.63) is 23.8 Å². The summed E-state index contributed by atoms with van der Waals surface area (Å²) in [6.45, 7) is 4.87. The fourth-order valence-corrected chi connectivity index (χ4v) is 3.24. The summed E-state index contributed by atoms with van der Waals surface area (Å²) in [6, 6.07) is 5.01. The van der Waals surface area contributed by atoms with E-state index in [2.05, 4.69) is 5.32 Å². The predicted molar refractivity (Wildman–Crippen MR) is 94.3 cm³/mol. The van der Waals surface area contributed by atoms with Gasteiger partial charge in [-0.3, -0.25) is 9.59 Å². The lowest BCUT2D eigenvalue weighted by Gasteiger charge is -2.33. The Bertz CT molecular complexity index is 608.